The van der Waals surface area contributed by atoms with Gasteiger partial charge in [0, 0.05) is 17.5 Å². The molecular formula is C35H41FN2O2. The van der Waals surface area contributed by atoms with Crippen molar-refractivity contribution < 1.29 is 14.2 Å². The number of nitrogens with zero attached hydrogens (tertiary/aromatic N) is 2. The monoisotopic (exact) mass is 540 g/mol. The van der Waals surface area contributed by atoms with Crippen LogP contribution in [0.4, 0.5) is 10.1 Å². The molecule has 40 heavy (non-hydrogen) atoms. The summed E-state index contributed by atoms with van der Waals surface area (Å²) >= 11 is 0. The van der Waals surface area contributed by atoms with E-state index in [4.69, 9.17) is 9.84 Å². The van der Waals surface area contributed by atoms with Crippen LogP contribution in [0.25, 0.3) is 0 Å². The molecule has 4 nitrogen and oxygen atoms in total. The summed E-state index contributed by atoms with van der Waals surface area (Å²) in [6.45, 7) is 4.55. The van der Waals surface area contributed by atoms with Crippen molar-refractivity contribution in [3.8, 4) is 0 Å². The Morgan fingerprint density at radius 1 is 0.975 bits per heavy atom. The zero-order chi connectivity index (χ0) is 27.7. The minimum Gasteiger partial charge on any atom is -0.367 e. The van der Waals surface area contributed by atoms with Crippen LogP contribution in [-0.2, 0) is 17.6 Å². The molecule has 6 atom stereocenters. The minimum absolute atomic E-state index is 0.0126. The highest BCUT2D eigenvalue weighted by Crippen LogP contribution is 2.55. The average molecular weight is 541 g/mol. The summed E-state index contributed by atoms with van der Waals surface area (Å²) < 4.78 is 20.4. The molecule has 4 unspecified atom stereocenters. The van der Waals surface area contributed by atoms with Crippen molar-refractivity contribution in [3.05, 3.63) is 102 Å². The molecule has 3 aromatic carbocycles. The molecule has 2 saturated carbocycles. The van der Waals surface area contributed by atoms with Crippen molar-refractivity contribution in [1.29, 1.82) is 0 Å². The zero-order valence-electron chi connectivity index (χ0n) is 23.6. The first-order chi connectivity index (χ1) is 19.3. The second-order valence-electron chi connectivity index (χ2n) is 12.8. The highest BCUT2D eigenvalue weighted by molar-refractivity contribution is 5.70. The van der Waals surface area contributed by atoms with Crippen molar-refractivity contribution >= 4 is 11.9 Å². The standard InChI is InChI=1S/C35H41FN2O2/c1-34(21-25-10-5-3-6-11-25,22-26-12-7-4-8-13-26)33(39)40-32-15-9-14-28-20-31-27(23-35(28,32)2)24-37-38(31)30-18-16-29(36)17-19-30/h3-8,10-13,16-19,24,27-28,31-33,39H,9,14-15,20-23H2,1-2H3/t27?,28?,31?,32-,33?,35-/m0/s1. The van der Waals surface area contributed by atoms with Crippen LogP contribution in [-0.4, -0.2) is 29.8 Å². The van der Waals surface area contributed by atoms with E-state index in [0.29, 0.717) is 11.8 Å². The van der Waals surface area contributed by atoms with Gasteiger partial charge in [0.2, 0.25) is 0 Å². The van der Waals surface area contributed by atoms with Gasteiger partial charge in [-0.05, 0) is 85.3 Å². The highest BCUT2D eigenvalue weighted by Gasteiger charge is 2.54. The van der Waals surface area contributed by atoms with Gasteiger partial charge in [0.15, 0.2) is 6.29 Å². The van der Waals surface area contributed by atoms with E-state index in [1.165, 1.54) is 23.3 Å². The lowest BCUT2D eigenvalue weighted by Gasteiger charge is -2.54. The molecular weight excluding hydrogens is 499 g/mol. The smallest absolute Gasteiger partial charge is 0.160 e. The van der Waals surface area contributed by atoms with E-state index in [-0.39, 0.29) is 23.4 Å². The normalized spacial score (nSPS) is 28.6. The second kappa shape index (κ2) is 11.1. The number of benzene rings is 3. The van der Waals surface area contributed by atoms with E-state index in [9.17, 15) is 9.50 Å². The third-order valence-corrected chi connectivity index (χ3v) is 9.96. The molecule has 2 aliphatic carbocycles. The first-order valence-corrected chi connectivity index (χ1v) is 14.8. The van der Waals surface area contributed by atoms with Crippen LogP contribution in [0.2, 0.25) is 0 Å². The van der Waals surface area contributed by atoms with Gasteiger partial charge in [-0.1, -0.05) is 80.9 Å². The molecule has 1 aliphatic heterocycles. The van der Waals surface area contributed by atoms with Crippen LogP contribution < -0.4 is 5.01 Å². The van der Waals surface area contributed by atoms with E-state index >= 15 is 0 Å². The molecule has 1 N–H and O–H groups in total. The highest BCUT2D eigenvalue weighted by atomic mass is 19.1. The Morgan fingerprint density at radius 3 is 2.23 bits per heavy atom. The van der Waals surface area contributed by atoms with Crippen molar-refractivity contribution in [2.24, 2.45) is 27.8 Å². The number of anilines is 1. The lowest BCUT2D eigenvalue weighted by molar-refractivity contribution is -0.240. The summed E-state index contributed by atoms with van der Waals surface area (Å²) in [6, 6.07) is 27.9. The van der Waals surface area contributed by atoms with Crippen molar-refractivity contribution in [2.45, 2.75) is 77.2 Å². The van der Waals surface area contributed by atoms with E-state index in [1.807, 2.05) is 24.3 Å². The number of rotatable bonds is 8. The summed E-state index contributed by atoms with van der Waals surface area (Å²) in [6.07, 6.45) is 7.90. The van der Waals surface area contributed by atoms with Crippen LogP contribution in [0.1, 0.15) is 57.1 Å². The van der Waals surface area contributed by atoms with Gasteiger partial charge in [-0.15, -0.1) is 0 Å². The van der Waals surface area contributed by atoms with Crippen molar-refractivity contribution in [3.63, 3.8) is 0 Å². The van der Waals surface area contributed by atoms with E-state index in [1.54, 1.807) is 0 Å². The number of aliphatic hydroxyl groups excluding tert-OH is 1. The van der Waals surface area contributed by atoms with Crippen molar-refractivity contribution in [2.75, 3.05) is 5.01 Å². The lowest BCUT2D eigenvalue weighted by Crippen LogP contribution is -2.55. The summed E-state index contributed by atoms with van der Waals surface area (Å²) in [7, 11) is 0. The predicted octanol–water partition coefficient (Wildman–Crippen LogP) is 7.41. The fourth-order valence-electron chi connectivity index (χ4n) is 7.70. The SMILES string of the molecule is CC(Cc1ccccc1)(Cc1ccccc1)C(O)O[C@H]1CCCC2CC3C(C=NN3c3ccc(F)cc3)C[C@@]21C. The maximum Gasteiger partial charge on any atom is 0.160 e. The van der Waals surface area contributed by atoms with Gasteiger partial charge < -0.3 is 9.84 Å². The molecule has 0 spiro atoms. The number of halogens is 1. The topological polar surface area (TPSA) is 45.1 Å². The number of ether oxygens (including phenoxy) is 1. The van der Waals surface area contributed by atoms with Gasteiger partial charge in [0.1, 0.15) is 5.82 Å². The summed E-state index contributed by atoms with van der Waals surface area (Å²) in [4.78, 5) is 0. The molecule has 6 rings (SSSR count). The van der Waals surface area contributed by atoms with Gasteiger partial charge in [0.05, 0.1) is 17.8 Å². The number of hydrogen-bond donors (Lipinski definition) is 1. The first kappa shape index (κ1) is 27.2. The van der Waals surface area contributed by atoms with Crippen LogP contribution in [0, 0.1) is 28.5 Å². The van der Waals surface area contributed by atoms with Crippen LogP contribution >= 0.6 is 0 Å². The Morgan fingerprint density at radius 2 is 1.60 bits per heavy atom. The molecule has 5 heteroatoms. The third-order valence-electron chi connectivity index (χ3n) is 9.96. The molecule has 2 fully saturated rings. The van der Waals surface area contributed by atoms with Gasteiger partial charge in [-0.3, -0.25) is 5.01 Å². The molecule has 0 radical (unpaired) electrons. The van der Waals surface area contributed by atoms with Crippen molar-refractivity contribution in [1.82, 2.24) is 0 Å². The van der Waals surface area contributed by atoms with Crippen LogP contribution in [0.5, 0.6) is 0 Å². The van der Waals surface area contributed by atoms with E-state index < -0.39 is 11.7 Å². The molecule has 1 heterocycles. The third kappa shape index (κ3) is 5.34. The predicted molar refractivity (Wildman–Crippen MR) is 159 cm³/mol. The molecule has 0 saturated heterocycles. The molecule has 0 amide bonds. The fraction of sp³-hybridized carbons (Fsp3) is 0.457. The molecule has 210 valence electrons. The fourth-order valence-corrected chi connectivity index (χ4v) is 7.70. The second-order valence-corrected chi connectivity index (χ2v) is 12.8. The van der Waals surface area contributed by atoms with E-state index in [2.05, 4.69) is 73.6 Å². The summed E-state index contributed by atoms with van der Waals surface area (Å²) in [5, 5.41) is 18.7. The number of fused-ring (bicyclic) bond motifs is 2. The molecule has 0 bridgehead atoms. The zero-order valence-corrected chi connectivity index (χ0v) is 23.6. The van der Waals surface area contributed by atoms with Crippen LogP contribution in [0.3, 0.4) is 0 Å². The van der Waals surface area contributed by atoms with Gasteiger partial charge >= 0.3 is 0 Å². The maximum atomic E-state index is 13.6. The minimum atomic E-state index is -0.890. The maximum absolute atomic E-state index is 13.6. The number of aliphatic hydroxyl groups is 1. The Bertz CT molecular complexity index is 1260. The van der Waals surface area contributed by atoms with Crippen LogP contribution in [0.15, 0.2) is 90.0 Å². The Balaban J connectivity index is 1.21. The Kier molecular flexibility index (Phi) is 7.54. The van der Waals surface area contributed by atoms with Gasteiger partial charge in [0.25, 0.3) is 0 Å². The van der Waals surface area contributed by atoms with Gasteiger partial charge in [-0.2, -0.15) is 5.10 Å². The Hall–Kier alpha value is -3.02. The lowest BCUT2D eigenvalue weighted by atomic mass is 9.55. The number of hydrogen-bond acceptors (Lipinski definition) is 4. The summed E-state index contributed by atoms with van der Waals surface area (Å²) in [5.41, 5.74) is 2.85. The summed E-state index contributed by atoms with van der Waals surface area (Å²) in [5.74, 6) is 0.573. The molecule has 3 aliphatic rings. The largest absolute Gasteiger partial charge is 0.367 e. The quantitative estimate of drug-likeness (QED) is 0.303. The molecule has 0 aromatic heterocycles. The average Bonchev–Trinajstić information content (AvgIpc) is 3.35. The van der Waals surface area contributed by atoms with Gasteiger partial charge in [-0.25, -0.2) is 4.39 Å². The first-order valence-electron chi connectivity index (χ1n) is 14.8. The number of hydrazone groups is 1. The van der Waals surface area contributed by atoms with E-state index in [0.717, 1.165) is 50.6 Å². The molecule has 3 aromatic rings. The Labute approximate surface area is 237 Å².